The van der Waals surface area contributed by atoms with Crippen molar-refractivity contribution < 1.29 is 75.5 Å². The van der Waals surface area contributed by atoms with E-state index in [1.165, 1.54) is 78.7 Å². The standard InChI is InChI=1S/C76H125ClF3N13O13/c1-14-50(4)66-72(104)87(9)47-64(98)85(7)48-65(99)89(11)58(43-51-27-18-15-19-28-51)70(102)86(8)45-60(94)81-56(35-33-52-32-34-54(55(77)42-52)76(78,79)80)69(101)93(40-26-31-62(96)84(5)6)46-61(95)83-75(36-22-23-37-75)74(106)91(13)67(53-29-20-16-21-30-53)73(105)90(12)59(71(103)92-38-24-17-25-39-92)44-63(97)88(10)57(41-49(2)3)68(100)82-66/h49-59,66-67H,14-48H2,1-13H3,(H,81,94)(H,82,100)(H,83,95)/t50-,52?,54?,55?,56-,57-,58-,59-,66-,67-/m0/s1. The fourth-order valence-electron chi connectivity index (χ4n) is 16.6. The van der Waals surface area contributed by atoms with Crippen LogP contribution >= 0.6 is 11.6 Å². The number of nitrogens with one attached hydrogen (secondary N) is 3. The third-order valence-corrected chi connectivity index (χ3v) is 24.1. The molecule has 6 fully saturated rings. The molecule has 4 saturated carbocycles. The maximum absolute atomic E-state index is 15.9. The van der Waals surface area contributed by atoms with Crippen molar-refractivity contribution >= 4 is 88.4 Å². The Labute approximate surface area is 631 Å². The predicted molar refractivity (Wildman–Crippen MR) is 394 cm³/mol. The second-order valence-electron chi connectivity index (χ2n) is 32.3. The Morgan fingerprint density at radius 1 is 0.604 bits per heavy atom. The van der Waals surface area contributed by atoms with Gasteiger partial charge < -0.3 is 64.9 Å². The van der Waals surface area contributed by atoms with Crippen molar-refractivity contribution in [1.82, 2.24) is 64.9 Å². The van der Waals surface area contributed by atoms with Crippen LogP contribution < -0.4 is 16.0 Å². The number of halogens is 4. The van der Waals surface area contributed by atoms with Gasteiger partial charge in [0.25, 0.3) is 0 Å². The molecule has 0 aromatic rings. The minimum Gasteiger partial charge on any atom is -0.349 e. The molecule has 0 bridgehead atoms. The number of rotatable bonds is 15. The van der Waals surface area contributed by atoms with Gasteiger partial charge in [0.1, 0.15) is 41.8 Å². The summed E-state index contributed by atoms with van der Waals surface area (Å²) in [6.07, 6.45) is 6.40. The molecule has 3 N–H and O–H groups in total. The molecule has 2 heterocycles. The smallest absolute Gasteiger partial charge is 0.349 e. The first-order valence-electron chi connectivity index (χ1n) is 39.1. The third-order valence-electron chi connectivity index (χ3n) is 23.6. The molecule has 10 atom stereocenters. The van der Waals surface area contributed by atoms with Crippen LogP contribution in [0.2, 0.25) is 0 Å². The maximum atomic E-state index is 15.9. The number of likely N-dealkylation sites (N-methyl/N-ethyl adjacent to an activating group) is 7. The molecule has 13 amide bonds. The number of piperidine rings is 1. The zero-order valence-corrected chi connectivity index (χ0v) is 66.3. The van der Waals surface area contributed by atoms with Gasteiger partial charge in [0, 0.05) is 94.9 Å². The molecular formula is C76H125ClF3N13O13. The molecule has 30 heteroatoms. The number of nitrogens with zero attached hydrogens (tertiary/aromatic N) is 10. The van der Waals surface area contributed by atoms with E-state index >= 15 is 28.8 Å². The van der Waals surface area contributed by atoms with Gasteiger partial charge >= 0.3 is 6.18 Å². The van der Waals surface area contributed by atoms with Crippen molar-refractivity contribution in [2.75, 3.05) is 109 Å². The summed E-state index contributed by atoms with van der Waals surface area (Å²) in [7, 11) is 13.1. The van der Waals surface area contributed by atoms with Crippen LogP contribution in [0, 0.1) is 35.5 Å². The van der Waals surface area contributed by atoms with Crippen molar-refractivity contribution in [3.05, 3.63) is 0 Å². The van der Waals surface area contributed by atoms with Crippen LogP contribution in [0.5, 0.6) is 0 Å². The molecular weight excluding hydrogens is 1400 g/mol. The first-order chi connectivity index (χ1) is 49.9. The molecule has 0 aromatic carbocycles. The summed E-state index contributed by atoms with van der Waals surface area (Å²) in [5.41, 5.74) is -1.63. The van der Waals surface area contributed by atoms with Crippen LogP contribution in [0.4, 0.5) is 13.2 Å². The van der Waals surface area contributed by atoms with Gasteiger partial charge in [-0.1, -0.05) is 98.3 Å². The number of hydrogen-bond donors (Lipinski definition) is 3. The Bertz CT molecular complexity index is 3050. The highest BCUT2D eigenvalue weighted by Gasteiger charge is 2.51. The Hall–Kier alpha value is -6.81. The topological polar surface area (TPSA) is 290 Å². The predicted octanol–water partition coefficient (Wildman–Crippen LogP) is 6.19. The van der Waals surface area contributed by atoms with E-state index in [1.54, 1.807) is 25.9 Å². The number of likely N-dealkylation sites (tertiary alicyclic amines) is 1. The van der Waals surface area contributed by atoms with Crippen LogP contribution in [-0.2, 0) is 62.3 Å². The molecule has 3 unspecified atom stereocenters. The van der Waals surface area contributed by atoms with Crippen LogP contribution in [0.15, 0.2) is 0 Å². The normalized spacial score (nSPS) is 27.8. The first-order valence-corrected chi connectivity index (χ1v) is 39.5. The minimum atomic E-state index is -4.54. The number of amides is 13. The summed E-state index contributed by atoms with van der Waals surface area (Å²) < 4.78 is 42.3. The maximum Gasteiger partial charge on any atom is 0.393 e. The summed E-state index contributed by atoms with van der Waals surface area (Å²) >= 11 is 6.44. The van der Waals surface area contributed by atoms with Gasteiger partial charge in [-0.3, -0.25) is 62.3 Å². The van der Waals surface area contributed by atoms with E-state index in [9.17, 15) is 46.7 Å². The van der Waals surface area contributed by atoms with Gasteiger partial charge in [0.2, 0.25) is 76.8 Å². The molecule has 0 radical (unpaired) electrons. The molecule has 6 aliphatic rings. The van der Waals surface area contributed by atoms with Crippen LogP contribution in [-0.4, -0.2) is 288 Å². The average Bonchev–Trinajstić information content (AvgIpc) is 1.18. The van der Waals surface area contributed by atoms with E-state index in [4.69, 9.17) is 11.6 Å². The summed E-state index contributed by atoms with van der Waals surface area (Å²) in [5.74, 6) is -11.6. The van der Waals surface area contributed by atoms with Crippen LogP contribution in [0.25, 0.3) is 0 Å². The van der Waals surface area contributed by atoms with E-state index in [2.05, 4.69) is 16.0 Å². The van der Waals surface area contributed by atoms with Gasteiger partial charge in [-0.25, -0.2) is 0 Å². The van der Waals surface area contributed by atoms with Crippen molar-refractivity contribution in [2.24, 2.45) is 35.5 Å². The van der Waals surface area contributed by atoms with E-state index in [-0.39, 0.29) is 94.9 Å². The molecule has 0 aromatic heterocycles. The van der Waals surface area contributed by atoms with Gasteiger partial charge in [-0.05, 0) is 126 Å². The molecule has 4 aliphatic carbocycles. The Balaban J connectivity index is 1.46. The Kier molecular flexibility index (Phi) is 33.7. The number of hydrogen-bond acceptors (Lipinski definition) is 13. The van der Waals surface area contributed by atoms with Crippen molar-refractivity contribution in [2.45, 2.75) is 261 Å². The zero-order chi connectivity index (χ0) is 78.7. The van der Waals surface area contributed by atoms with Crippen molar-refractivity contribution in [3.63, 3.8) is 0 Å². The lowest BCUT2D eigenvalue weighted by Gasteiger charge is -2.43. The number of carbonyl (C=O) groups is 13. The number of carbonyl (C=O) groups excluding carboxylic acids is 13. The minimum absolute atomic E-state index is 0.00197. The highest BCUT2D eigenvalue weighted by molar-refractivity contribution is 6.21. The molecule has 6 rings (SSSR count). The fraction of sp³-hybridized carbons (Fsp3) is 0.829. The highest BCUT2D eigenvalue weighted by atomic mass is 35.5. The molecule has 1 spiro atoms. The Morgan fingerprint density at radius 3 is 1.77 bits per heavy atom. The second kappa shape index (κ2) is 40.6. The van der Waals surface area contributed by atoms with Crippen molar-refractivity contribution in [3.8, 4) is 0 Å². The fourth-order valence-corrected chi connectivity index (χ4v) is 17.1. The monoisotopic (exact) mass is 1520 g/mol. The van der Waals surface area contributed by atoms with Crippen LogP contribution in [0.3, 0.4) is 0 Å². The lowest BCUT2D eigenvalue weighted by Crippen LogP contribution is -2.64. The van der Waals surface area contributed by atoms with E-state index in [0.29, 0.717) is 58.0 Å². The Morgan fingerprint density at radius 2 is 1.19 bits per heavy atom. The van der Waals surface area contributed by atoms with Gasteiger partial charge in [0.05, 0.1) is 38.5 Å². The number of alkyl halides is 4. The zero-order valence-electron chi connectivity index (χ0n) is 65.5. The summed E-state index contributed by atoms with van der Waals surface area (Å²) in [4.78, 5) is 206. The lowest BCUT2D eigenvalue weighted by molar-refractivity contribution is -0.182. The average molecular weight is 1520 g/mol. The lowest BCUT2D eigenvalue weighted by atomic mass is 9.78. The van der Waals surface area contributed by atoms with Gasteiger partial charge in [-0.2, -0.15) is 13.2 Å². The van der Waals surface area contributed by atoms with Crippen molar-refractivity contribution in [1.29, 1.82) is 0 Å². The third kappa shape index (κ3) is 24.1. The van der Waals surface area contributed by atoms with Crippen LogP contribution in [0.1, 0.15) is 207 Å². The van der Waals surface area contributed by atoms with E-state index in [1.807, 2.05) is 20.8 Å². The summed E-state index contributed by atoms with van der Waals surface area (Å²) in [6, 6.07) is -7.66. The summed E-state index contributed by atoms with van der Waals surface area (Å²) in [6.45, 7) is 5.41. The largest absolute Gasteiger partial charge is 0.393 e. The molecule has 2 aliphatic heterocycles. The molecule has 2 saturated heterocycles. The van der Waals surface area contributed by atoms with Gasteiger partial charge in [0.15, 0.2) is 0 Å². The SMILES string of the molecule is CC[C@H](C)[C@@H]1NC(=O)[C@H](CC(C)C)N(C)C(=O)C[C@@H](C(=O)N2CCCCC2)N(C)C(=O)[C@H](C2CCCCC2)N(C)C(=O)C2(CCCC2)NC(=O)CN(CCCC(=O)N(C)C)C(=O)[C@H](CCC2CCC(C(F)(F)F)C(Cl)C2)NC(=O)CN(C)C(=O)[C@H](CC2CCCCC2)N(C)C(=O)CN(C)C(=O)CN(C)C1=O. The second-order valence-corrected chi connectivity index (χ2v) is 32.8. The molecule has 106 heavy (non-hydrogen) atoms. The van der Waals surface area contributed by atoms with E-state index in [0.717, 1.165) is 72.5 Å². The first kappa shape index (κ1) is 88.1. The molecule has 600 valence electrons. The molecule has 26 nitrogen and oxygen atoms in total. The quantitative estimate of drug-likeness (QED) is 0.154. The van der Waals surface area contributed by atoms with E-state index < -0.39 is 181 Å². The highest BCUT2D eigenvalue weighted by Crippen LogP contribution is 2.44. The van der Waals surface area contributed by atoms with Gasteiger partial charge in [-0.15, -0.1) is 11.6 Å². The summed E-state index contributed by atoms with van der Waals surface area (Å²) in [5, 5.41) is 7.46.